The van der Waals surface area contributed by atoms with Crippen LogP contribution >= 0.6 is 15.9 Å². The van der Waals surface area contributed by atoms with Crippen LogP contribution in [0.25, 0.3) is 0 Å². The van der Waals surface area contributed by atoms with Gasteiger partial charge in [-0.05, 0) is 12.1 Å². The minimum Gasteiger partial charge on any atom is -0.434 e. The SMILES string of the molecule is O=C(CCC(F)(F)F)c1c(F)cc(Br)cc1OC(F)F. The highest BCUT2D eigenvalue weighted by Gasteiger charge is 2.30. The molecule has 20 heavy (non-hydrogen) atoms. The number of carbonyl (C=O) groups is 1. The number of halogens is 7. The molecule has 0 aliphatic carbocycles. The summed E-state index contributed by atoms with van der Waals surface area (Å²) in [6, 6.07) is 1.66. The Kier molecular flexibility index (Phi) is 5.43. The Bertz CT molecular complexity index is 500. The molecule has 0 bridgehead atoms. The molecule has 2 nitrogen and oxygen atoms in total. The lowest BCUT2D eigenvalue weighted by molar-refractivity contribution is -0.133. The average molecular weight is 365 g/mol. The highest BCUT2D eigenvalue weighted by molar-refractivity contribution is 9.10. The van der Waals surface area contributed by atoms with E-state index in [1.165, 1.54) is 0 Å². The van der Waals surface area contributed by atoms with Crippen molar-refractivity contribution < 1.29 is 35.9 Å². The van der Waals surface area contributed by atoms with Gasteiger partial charge in [-0.25, -0.2) is 4.39 Å². The first-order valence-corrected chi connectivity index (χ1v) is 5.93. The largest absolute Gasteiger partial charge is 0.434 e. The second-order valence-electron chi connectivity index (χ2n) is 3.68. The Hall–Kier alpha value is -1.25. The smallest absolute Gasteiger partial charge is 0.389 e. The molecule has 0 fully saturated rings. The van der Waals surface area contributed by atoms with Crippen LogP contribution in [0, 0.1) is 5.82 Å². The maximum absolute atomic E-state index is 13.6. The first kappa shape index (κ1) is 16.8. The molecule has 0 heterocycles. The van der Waals surface area contributed by atoms with Gasteiger partial charge in [0.1, 0.15) is 11.6 Å². The van der Waals surface area contributed by atoms with E-state index in [9.17, 15) is 31.1 Å². The number of hydrogen-bond donors (Lipinski definition) is 0. The van der Waals surface area contributed by atoms with Crippen LogP contribution in [-0.2, 0) is 0 Å². The average Bonchev–Trinajstić information content (AvgIpc) is 2.23. The number of hydrogen-bond acceptors (Lipinski definition) is 2. The molecule has 1 rings (SSSR count). The fourth-order valence-corrected chi connectivity index (χ4v) is 1.80. The zero-order valence-electron chi connectivity index (χ0n) is 9.61. The number of ether oxygens (including phenoxy) is 1. The van der Waals surface area contributed by atoms with Crippen molar-refractivity contribution in [2.24, 2.45) is 0 Å². The van der Waals surface area contributed by atoms with E-state index >= 15 is 0 Å². The second kappa shape index (κ2) is 6.47. The molecule has 0 aliphatic heterocycles. The molecule has 0 spiro atoms. The Morgan fingerprint density at radius 3 is 2.40 bits per heavy atom. The van der Waals surface area contributed by atoms with Crippen molar-refractivity contribution >= 4 is 21.7 Å². The summed E-state index contributed by atoms with van der Waals surface area (Å²) in [5.41, 5.74) is -0.919. The van der Waals surface area contributed by atoms with Crippen LogP contribution in [0.4, 0.5) is 26.3 Å². The van der Waals surface area contributed by atoms with Crippen LogP contribution in [0.2, 0.25) is 0 Å². The zero-order chi connectivity index (χ0) is 15.5. The molecule has 0 saturated carbocycles. The molecule has 9 heteroatoms. The normalized spacial score (nSPS) is 11.8. The second-order valence-corrected chi connectivity index (χ2v) is 4.59. The van der Waals surface area contributed by atoms with E-state index in [4.69, 9.17) is 0 Å². The summed E-state index contributed by atoms with van der Waals surface area (Å²) in [6.45, 7) is -3.34. The van der Waals surface area contributed by atoms with E-state index in [1.54, 1.807) is 0 Å². The Morgan fingerprint density at radius 1 is 1.30 bits per heavy atom. The fourth-order valence-electron chi connectivity index (χ4n) is 1.39. The van der Waals surface area contributed by atoms with Gasteiger partial charge < -0.3 is 4.74 Å². The number of rotatable bonds is 5. The van der Waals surface area contributed by atoms with Crippen molar-refractivity contribution in [1.29, 1.82) is 0 Å². The van der Waals surface area contributed by atoms with Gasteiger partial charge in [-0.3, -0.25) is 4.79 Å². The van der Waals surface area contributed by atoms with Gasteiger partial charge in [0.05, 0.1) is 12.0 Å². The summed E-state index contributed by atoms with van der Waals surface area (Å²) >= 11 is 2.80. The van der Waals surface area contributed by atoms with Crippen molar-refractivity contribution in [3.63, 3.8) is 0 Å². The van der Waals surface area contributed by atoms with Gasteiger partial charge in [-0.1, -0.05) is 15.9 Å². The van der Waals surface area contributed by atoms with Crippen LogP contribution in [0.5, 0.6) is 5.75 Å². The number of carbonyl (C=O) groups excluding carboxylic acids is 1. The van der Waals surface area contributed by atoms with Gasteiger partial charge in [0.2, 0.25) is 0 Å². The quantitative estimate of drug-likeness (QED) is 0.558. The van der Waals surface area contributed by atoms with Gasteiger partial charge in [0.15, 0.2) is 5.78 Å². The molecular formula is C11H7BrF6O2. The lowest BCUT2D eigenvalue weighted by Crippen LogP contribution is -2.14. The lowest BCUT2D eigenvalue weighted by Gasteiger charge is -2.12. The molecule has 0 N–H and O–H groups in total. The Balaban J connectivity index is 3.05. The summed E-state index contributed by atoms with van der Waals surface area (Å²) in [6.07, 6.45) is -7.14. The van der Waals surface area contributed by atoms with Crippen molar-refractivity contribution in [1.82, 2.24) is 0 Å². The summed E-state index contributed by atoms with van der Waals surface area (Å²) < 4.78 is 77.9. The highest BCUT2D eigenvalue weighted by atomic mass is 79.9. The minimum absolute atomic E-state index is 0.0121. The summed E-state index contributed by atoms with van der Waals surface area (Å²) in [5.74, 6) is -3.30. The van der Waals surface area contributed by atoms with Gasteiger partial charge in [0, 0.05) is 10.9 Å². The maximum atomic E-state index is 13.6. The Labute approximate surface area is 117 Å². The molecule has 0 atom stereocenters. The van der Waals surface area contributed by atoms with E-state index in [0.717, 1.165) is 12.1 Å². The fraction of sp³-hybridized carbons (Fsp3) is 0.364. The van der Waals surface area contributed by atoms with E-state index in [2.05, 4.69) is 20.7 Å². The number of alkyl halides is 5. The number of Topliss-reactive ketones (excluding diaryl/α,β-unsaturated/α-hetero) is 1. The predicted octanol–water partition coefficient (Wildman–Crippen LogP) is 4.71. The third-order valence-corrected chi connectivity index (χ3v) is 2.61. The molecule has 0 aromatic heterocycles. The first-order chi connectivity index (χ1) is 9.10. The molecule has 112 valence electrons. The van der Waals surface area contributed by atoms with Crippen molar-refractivity contribution in [2.45, 2.75) is 25.6 Å². The van der Waals surface area contributed by atoms with Crippen molar-refractivity contribution in [3.8, 4) is 5.75 Å². The summed E-state index contributed by atoms with van der Waals surface area (Å²) in [4.78, 5) is 11.5. The van der Waals surface area contributed by atoms with E-state index < -0.39 is 48.5 Å². The Morgan fingerprint density at radius 2 is 1.90 bits per heavy atom. The standard InChI is InChI=1S/C11H7BrF6O2/c12-5-3-6(13)9(8(4-5)20-10(14)15)7(19)1-2-11(16,17)18/h3-4,10H,1-2H2. The number of benzene rings is 1. The molecule has 0 radical (unpaired) electrons. The van der Waals surface area contributed by atoms with Gasteiger partial charge >= 0.3 is 12.8 Å². The van der Waals surface area contributed by atoms with Crippen LogP contribution < -0.4 is 4.74 Å². The summed E-state index contributed by atoms with van der Waals surface area (Å²) in [5, 5.41) is 0. The molecule has 1 aromatic carbocycles. The van der Waals surface area contributed by atoms with Crippen LogP contribution in [0.1, 0.15) is 23.2 Å². The molecule has 0 aliphatic rings. The van der Waals surface area contributed by atoms with E-state index in [-0.39, 0.29) is 4.47 Å². The van der Waals surface area contributed by atoms with Crippen molar-refractivity contribution in [2.75, 3.05) is 0 Å². The van der Waals surface area contributed by atoms with Gasteiger partial charge in [-0.15, -0.1) is 0 Å². The molecule has 0 saturated heterocycles. The van der Waals surface area contributed by atoms with Gasteiger partial charge in [-0.2, -0.15) is 22.0 Å². The maximum Gasteiger partial charge on any atom is 0.389 e. The van der Waals surface area contributed by atoms with Crippen LogP contribution in [0.3, 0.4) is 0 Å². The molecule has 0 amide bonds. The summed E-state index contributed by atoms with van der Waals surface area (Å²) in [7, 11) is 0. The van der Waals surface area contributed by atoms with E-state index in [1.807, 2.05) is 0 Å². The number of ketones is 1. The van der Waals surface area contributed by atoms with Gasteiger partial charge in [0.25, 0.3) is 0 Å². The van der Waals surface area contributed by atoms with Crippen molar-refractivity contribution in [3.05, 3.63) is 28.0 Å². The highest BCUT2D eigenvalue weighted by Crippen LogP contribution is 2.31. The topological polar surface area (TPSA) is 26.3 Å². The molecular weight excluding hydrogens is 358 g/mol. The van der Waals surface area contributed by atoms with Crippen LogP contribution in [0.15, 0.2) is 16.6 Å². The third-order valence-electron chi connectivity index (χ3n) is 2.15. The van der Waals surface area contributed by atoms with E-state index in [0.29, 0.717) is 0 Å². The lowest BCUT2D eigenvalue weighted by atomic mass is 10.0. The van der Waals surface area contributed by atoms with Crippen LogP contribution in [-0.4, -0.2) is 18.6 Å². The first-order valence-electron chi connectivity index (χ1n) is 5.14. The monoisotopic (exact) mass is 364 g/mol. The third kappa shape index (κ3) is 5.03. The predicted molar refractivity (Wildman–Crippen MR) is 60.4 cm³/mol. The molecule has 0 unspecified atom stereocenters. The minimum atomic E-state index is -4.61. The molecule has 1 aromatic rings. The zero-order valence-corrected chi connectivity index (χ0v) is 11.2.